The Kier molecular flexibility index (Phi) is 4.85. The third-order valence-electron chi connectivity index (χ3n) is 4.16. The van der Waals surface area contributed by atoms with Crippen LogP contribution in [0.2, 0.25) is 0 Å². The van der Waals surface area contributed by atoms with Crippen LogP contribution in [0.15, 0.2) is 30.5 Å². The van der Waals surface area contributed by atoms with Gasteiger partial charge >= 0.3 is 6.09 Å². The number of nitrogens with one attached hydrogen (secondary N) is 1. The minimum atomic E-state index is -1.17. The molecule has 2 atom stereocenters. The number of carbonyl (C=O) groups is 1. The fourth-order valence-electron chi connectivity index (χ4n) is 3.23. The Bertz CT molecular complexity index is 886. The zero-order valence-electron chi connectivity index (χ0n) is 16.7. The van der Waals surface area contributed by atoms with Gasteiger partial charge in [-0.05, 0) is 43.0 Å². The molecular formula is C20H25N3O4. The third kappa shape index (κ3) is 4.68. The SMILES string of the molecule is [2H]C(Oc1ccc2c(c1)OCc1cnc(NC(=O)O)cc1-2)C(C)(N)CC(C)C. The monoisotopic (exact) mass is 372 g/mol. The van der Waals surface area contributed by atoms with E-state index in [0.29, 0.717) is 30.4 Å². The highest BCUT2D eigenvalue weighted by Gasteiger charge is 2.23. The molecule has 1 aromatic heterocycles. The van der Waals surface area contributed by atoms with Crippen LogP contribution in [0.1, 0.15) is 34.1 Å². The number of benzene rings is 1. The zero-order valence-corrected chi connectivity index (χ0v) is 15.7. The van der Waals surface area contributed by atoms with Crippen molar-refractivity contribution in [2.75, 3.05) is 11.9 Å². The van der Waals surface area contributed by atoms with Crippen molar-refractivity contribution in [2.24, 2.45) is 11.7 Å². The third-order valence-corrected chi connectivity index (χ3v) is 4.16. The Morgan fingerprint density at radius 1 is 1.48 bits per heavy atom. The smallest absolute Gasteiger partial charge is 0.410 e. The lowest BCUT2D eigenvalue weighted by molar-refractivity contribution is 0.205. The first-order valence-corrected chi connectivity index (χ1v) is 8.79. The Balaban J connectivity index is 1.84. The van der Waals surface area contributed by atoms with Crippen molar-refractivity contribution < 1.29 is 20.7 Å². The maximum absolute atomic E-state index is 10.9. The van der Waals surface area contributed by atoms with Crippen LogP contribution in [0, 0.1) is 5.92 Å². The van der Waals surface area contributed by atoms with E-state index >= 15 is 0 Å². The number of hydrogen-bond acceptors (Lipinski definition) is 5. The van der Waals surface area contributed by atoms with Gasteiger partial charge in [-0.25, -0.2) is 9.78 Å². The molecule has 0 radical (unpaired) electrons. The largest absolute Gasteiger partial charge is 0.492 e. The first-order chi connectivity index (χ1) is 13.2. The van der Waals surface area contributed by atoms with Gasteiger partial charge in [-0.2, -0.15) is 0 Å². The molecule has 0 saturated heterocycles. The Morgan fingerprint density at radius 3 is 2.96 bits per heavy atom. The minimum absolute atomic E-state index is 0.248. The molecule has 1 aliphatic heterocycles. The van der Waals surface area contributed by atoms with E-state index in [4.69, 9.17) is 21.7 Å². The van der Waals surface area contributed by atoms with Crippen molar-refractivity contribution in [1.82, 2.24) is 4.98 Å². The maximum Gasteiger partial charge on any atom is 0.410 e. The number of ether oxygens (including phenoxy) is 2. The second-order valence-electron chi connectivity index (χ2n) is 7.44. The molecule has 4 N–H and O–H groups in total. The molecule has 2 unspecified atom stereocenters. The van der Waals surface area contributed by atoms with Crippen LogP contribution >= 0.6 is 0 Å². The highest BCUT2D eigenvalue weighted by atomic mass is 16.5. The fourth-order valence-corrected chi connectivity index (χ4v) is 3.23. The first-order valence-electron chi connectivity index (χ1n) is 9.37. The molecule has 0 fully saturated rings. The maximum atomic E-state index is 10.9. The number of hydrogen-bond donors (Lipinski definition) is 3. The number of nitrogens with zero attached hydrogens (tertiary/aromatic N) is 1. The molecule has 2 aromatic rings. The van der Waals surface area contributed by atoms with Gasteiger partial charge in [-0.3, -0.25) is 5.32 Å². The molecule has 1 aromatic carbocycles. The molecule has 0 spiro atoms. The molecule has 7 nitrogen and oxygen atoms in total. The molecule has 3 rings (SSSR count). The predicted octanol–water partition coefficient (Wildman–Crippen LogP) is 3.87. The van der Waals surface area contributed by atoms with Crippen LogP contribution in [0.5, 0.6) is 11.5 Å². The highest BCUT2D eigenvalue weighted by molar-refractivity contribution is 5.84. The normalized spacial score (nSPS) is 16.3. The number of aromatic nitrogens is 1. The lowest BCUT2D eigenvalue weighted by Gasteiger charge is -2.27. The van der Waals surface area contributed by atoms with Gasteiger partial charge in [0.25, 0.3) is 0 Å². The van der Waals surface area contributed by atoms with Crippen LogP contribution < -0.4 is 20.5 Å². The number of pyridine rings is 1. The van der Waals surface area contributed by atoms with Crippen LogP contribution in [0.4, 0.5) is 10.6 Å². The summed E-state index contributed by atoms with van der Waals surface area (Å²) in [5, 5.41) is 11.1. The van der Waals surface area contributed by atoms with Crippen molar-refractivity contribution in [3.63, 3.8) is 0 Å². The molecule has 1 aliphatic rings. The number of anilines is 1. The fraction of sp³-hybridized carbons (Fsp3) is 0.400. The summed E-state index contributed by atoms with van der Waals surface area (Å²) in [6.07, 6.45) is 1.10. The van der Waals surface area contributed by atoms with E-state index < -0.39 is 18.2 Å². The number of amides is 1. The Morgan fingerprint density at radius 2 is 2.26 bits per heavy atom. The molecule has 2 heterocycles. The Hall–Kier alpha value is -2.80. The lowest BCUT2D eigenvalue weighted by Crippen LogP contribution is -2.43. The van der Waals surface area contributed by atoms with E-state index in [0.717, 1.165) is 16.7 Å². The standard InChI is InChI=1S/C20H25N3O4/c1-12(2)8-20(3,21)11-27-14-4-5-15-16-7-18(23-19(24)25)22-9-13(16)10-26-17(15)6-14/h4-7,9,12H,8,10-11,21H2,1-3H3,(H,22,23)(H,24,25)/i11D. The summed E-state index contributed by atoms with van der Waals surface area (Å²) in [4.78, 5) is 14.9. The van der Waals surface area contributed by atoms with Crippen LogP contribution in [-0.4, -0.2) is 28.3 Å². The average molecular weight is 372 g/mol. The number of nitrogens with two attached hydrogens (primary N) is 1. The molecule has 0 saturated carbocycles. The number of rotatable bonds is 6. The van der Waals surface area contributed by atoms with Crippen LogP contribution in [0.25, 0.3) is 11.1 Å². The molecule has 0 aliphatic carbocycles. The van der Waals surface area contributed by atoms with Gasteiger partial charge in [0, 0.05) is 28.9 Å². The summed E-state index contributed by atoms with van der Waals surface area (Å²) < 4.78 is 19.9. The molecule has 7 heteroatoms. The quantitative estimate of drug-likeness (QED) is 0.710. The summed E-state index contributed by atoms with van der Waals surface area (Å²) in [6, 6.07) is 7.00. The lowest BCUT2D eigenvalue weighted by atomic mass is 9.93. The zero-order chi connectivity index (χ0) is 20.5. The summed E-state index contributed by atoms with van der Waals surface area (Å²) >= 11 is 0. The minimum Gasteiger partial charge on any atom is -0.492 e. The Labute approximate surface area is 159 Å². The van der Waals surface area contributed by atoms with Gasteiger partial charge in [0.05, 0.1) is 1.37 Å². The second-order valence-corrected chi connectivity index (χ2v) is 7.44. The first kappa shape index (κ1) is 17.6. The molecule has 27 heavy (non-hydrogen) atoms. The molecule has 0 bridgehead atoms. The summed E-state index contributed by atoms with van der Waals surface area (Å²) in [5.74, 6) is 1.71. The number of fused-ring (bicyclic) bond motifs is 3. The van der Waals surface area contributed by atoms with E-state index in [1.54, 1.807) is 24.4 Å². The van der Waals surface area contributed by atoms with Gasteiger partial charge in [0.1, 0.15) is 30.5 Å². The van der Waals surface area contributed by atoms with Gasteiger partial charge in [-0.15, -0.1) is 0 Å². The molecule has 144 valence electrons. The van der Waals surface area contributed by atoms with E-state index in [2.05, 4.69) is 24.1 Å². The van der Waals surface area contributed by atoms with Crippen molar-refractivity contribution in [1.29, 1.82) is 0 Å². The van der Waals surface area contributed by atoms with Crippen LogP contribution in [-0.2, 0) is 6.61 Å². The average Bonchev–Trinajstić information content (AvgIpc) is 2.59. The van der Waals surface area contributed by atoms with E-state index in [-0.39, 0.29) is 5.82 Å². The van der Waals surface area contributed by atoms with E-state index in [1.165, 1.54) is 0 Å². The summed E-state index contributed by atoms with van der Waals surface area (Å²) in [6.45, 7) is 5.34. The summed E-state index contributed by atoms with van der Waals surface area (Å²) in [7, 11) is 0. The van der Waals surface area contributed by atoms with E-state index in [9.17, 15) is 4.79 Å². The van der Waals surface area contributed by atoms with Gasteiger partial charge in [0.2, 0.25) is 0 Å². The molecular weight excluding hydrogens is 346 g/mol. The van der Waals surface area contributed by atoms with Crippen molar-refractivity contribution >= 4 is 11.9 Å². The van der Waals surface area contributed by atoms with Gasteiger partial charge in [0.15, 0.2) is 0 Å². The van der Waals surface area contributed by atoms with Gasteiger partial charge < -0.3 is 20.3 Å². The topological polar surface area (TPSA) is 107 Å². The van der Waals surface area contributed by atoms with Crippen molar-refractivity contribution in [2.45, 2.75) is 39.3 Å². The highest BCUT2D eigenvalue weighted by Crippen LogP contribution is 2.40. The second kappa shape index (κ2) is 7.44. The van der Waals surface area contributed by atoms with Gasteiger partial charge in [-0.1, -0.05) is 13.8 Å². The molecule has 1 amide bonds. The van der Waals surface area contributed by atoms with E-state index in [1.807, 2.05) is 13.0 Å². The number of carboxylic acid groups (broad SMARTS) is 1. The summed E-state index contributed by atoms with van der Waals surface area (Å²) in [5.41, 5.74) is 8.00. The predicted molar refractivity (Wildman–Crippen MR) is 103 cm³/mol. The van der Waals surface area contributed by atoms with Crippen molar-refractivity contribution in [3.05, 3.63) is 36.0 Å². The van der Waals surface area contributed by atoms with Crippen molar-refractivity contribution in [3.8, 4) is 22.6 Å². The van der Waals surface area contributed by atoms with Crippen LogP contribution in [0.3, 0.4) is 0 Å².